The summed E-state index contributed by atoms with van der Waals surface area (Å²) in [5.41, 5.74) is 0.321. The van der Waals surface area contributed by atoms with Crippen LogP contribution in [-0.2, 0) is 0 Å². The predicted molar refractivity (Wildman–Crippen MR) is 81.1 cm³/mol. The molecule has 1 aliphatic carbocycles. The fraction of sp³-hybridized carbons (Fsp3) is 1.00. The van der Waals surface area contributed by atoms with E-state index in [0.29, 0.717) is 17.6 Å². The lowest BCUT2D eigenvalue weighted by molar-refractivity contribution is 0.0697. The smallest absolute Gasteiger partial charge is 0.0251 e. The molecule has 0 heterocycles. The number of hydrogen-bond acceptors (Lipinski definition) is 2. The molecule has 0 amide bonds. The van der Waals surface area contributed by atoms with Crippen molar-refractivity contribution in [1.82, 2.24) is 10.2 Å². The lowest BCUT2D eigenvalue weighted by Gasteiger charge is -2.44. The molecule has 0 radical (unpaired) electrons. The average Bonchev–Trinajstić information content (AvgIpc) is 2.60. The zero-order valence-electron chi connectivity index (χ0n) is 13.3. The van der Waals surface area contributed by atoms with Gasteiger partial charge in [-0.05, 0) is 53.1 Å². The molecular formula is C16H34N2. The first-order valence-corrected chi connectivity index (χ1v) is 7.99. The van der Waals surface area contributed by atoms with E-state index in [1.54, 1.807) is 0 Å². The molecule has 0 aromatic carbocycles. The molecule has 1 saturated carbocycles. The van der Waals surface area contributed by atoms with Crippen molar-refractivity contribution in [1.29, 1.82) is 0 Å². The van der Waals surface area contributed by atoms with Crippen molar-refractivity contribution in [2.75, 3.05) is 13.6 Å². The second-order valence-electron chi connectivity index (χ2n) is 6.54. The molecule has 0 aromatic heterocycles. The first-order chi connectivity index (χ1) is 8.53. The van der Waals surface area contributed by atoms with Gasteiger partial charge in [0, 0.05) is 17.6 Å². The summed E-state index contributed by atoms with van der Waals surface area (Å²) in [5, 5.41) is 3.80. The molecule has 0 saturated heterocycles. The number of rotatable bonds is 6. The summed E-state index contributed by atoms with van der Waals surface area (Å²) in [6, 6.07) is 1.41. The van der Waals surface area contributed by atoms with E-state index in [4.69, 9.17) is 0 Å². The highest BCUT2D eigenvalue weighted by Crippen LogP contribution is 2.28. The van der Waals surface area contributed by atoms with E-state index in [-0.39, 0.29) is 0 Å². The van der Waals surface area contributed by atoms with Gasteiger partial charge in [-0.1, -0.05) is 33.1 Å². The molecule has 0 aromatic rings. The van der Waals surface area contributed by atoms with Gasteiger partial charge in [-0.25, -0.2) is 0 Å². The SMILES string of the molecule is CCCNC1CCCCCC1N(C)C(C)(C)CC. The van der Waals surface area contributed by atoms with Gasteiger partial charge >= 0.3 is 0 Å². The van der Waals surface area contributed by atoms with Gasteiger partial charge in [0.25, 0.3) is 0 Å². The van der Waals surface area contributed by atoms with Gasteiger partial charge in [0.05, 0.1) is 0 Å². The minimum absolute atomic E-state index is 0.321. The third-order valence-electron chi connectivity index (χ3n) is 4.95. The number of likely N-dealkylation sites (N-methyl/N-ethyl adjacent to an activating group) is 1. The van der Waals surface area contributed by atoms with E-state index in [1.165, 1.54) is 51.5 Å². The van der Waals surface area contributed by atoms with Crippen LogP contribution in [-0.4, -0.2) is 36.1 Å². The van der Waals surface area contributed by atoms with Gasteiger partial charge in [0.2, 0.25) is 0 Å². The van der Waals surface area contributed by atoms with Crippen LogP contribution < -0.4 is 5.32 Å². The minimum Gasteiger partial charge on any atom is -0.312 e. The zero-order chi connectivity index (χ0) is 13.6. The molecule has 2 atom stereocenters. The Kier molecular flexibility index (Phi) is 6.65. The predicted octanol–water partition coefficient (Wildman–Crippen LogP) is 3.81. The summed E-state index contributed by atoms with van der Waals surface area (Å²) in [5.74, 6) is 0. The van der Waals surface area contributed by atoms with Gasteiger partial charge in [-0.3, -0.25) is 4.90 Å². The van der Waals surface area contributed by atoms with E-state index in [9.17, 15) is 0 Å². The van der Waals surface area contributed by atoms with Crippen molar-refractivity contribution in [2.45, 2.75) is 90.3 Å². The average molecular weight is 254 g/mol. The highest BCUT2D eigenvalue weighted by atomic mass is 15.2. The Morgan fingerprint density at radius 3 is 2.39 bits per heavy atom. The van der Waals surface area contributed by atoms with Gasteiger partial charge in [-0.15, -0.1) is 0 Å². The van der Waals surface area contributed by atoms with Crippen LogP contribution >= 0.6 is 0 Å². The third kappa shape index (κ3) is 4.24. The summed E-state index contributed by atoms with van der Waals surface area (Å²) < 4.78 is 0. The summed E-state index contributed by atoms with van der Waals surface area (Å²) in [7, 11) is 2.33. The first kappa shape index (κ1) is 16.0. The summed E-state index contributed by atoms with van der Waals surface area (Å²) in [4.78, 5) is 2.64. The summed E-state index contributed by atoms with van der Waals surface area (Å²) in [6.07, 6.45) is 9.40. The van der Waals surface area contributed by atoms with Crippen molar-refractivity contribution >= 4 is 0 Å². The number of hydrogen-bond donors (Lipinski definition) is 1. The van der Waals surface area contributed by atoms with Crippen LogP contribution in [0.15, 0.2) is 0 Å². The Hall–Kier alpha value is -0.0800. The maximum Gasteiger partial charge on any atom is 0.0251 e. The second-order valence-corrected chi connectivity index (χ2v) is 6.54. The topological polar surface area (TPSA) is 15.3 Å². The lowest BCUT2D eigenvalue weighted by atomic mass is 9.92. The van der Waals surface area contributed by atoms with Crippen molar-refractivity contribution < 1.29 is 0 Å². The molecule has 108 valence electrons. The Morgan fingerprint density at radius 2 is 1.78 bits per heavy atom. The fourth-order valence-corrected chi connectivity index (χ4v) is 3.02. The molecule has 2 unspecified atom stereocenters. The molecule has 0 spiro atoms. The Morgan fingerprint density at radius 1 is 1.11 bits per heavy atom. The molecule has 0 bridgehead atoms. The van der Waals surface area contributed by atoms with Crippen molar-refractivity contribution in [3.8, 4) is 0 Å². The molecular weight excluding hydrogens is 220 g/mol. The molecule has 0 aliphatic heterocycles. The molecule has 1 N–H and O–H groups in total. The van der Waals surface area contributed by atoms with E-state index in [0.717, 1.165) is 0 Å². The van der Waals surface area contributed by atoms with Crippen LogP contribution in [0, 0.1) is 0 Å². The van der Waals surface area contributed by atoms with Gasteiger partial charge in [-0.2, -0.15) is 0 Å². The van der Waals surface area contributed by atoms with Gasteiger partial charge < -0.3 is 5.32 Å². The largest absolute Gasteiger partial charge is 0.312 e. The van der Waals surface area contributed by atoms with E-state index in [2.05, 4.69) is 45.0 Å². The molecule has 18 heavy (non-hydrogen) atoms. The Labute approximate surface area is 115 Å². The Bertz CT molecular complexity index is 225. The van der Waals surface area contributed by atoms with Crippen molar-refractivity contribution in [3.63, 3.8) is 0 Å². The zero-order valence-corrected chi connectivity index (χ0v) is 13.3. The summed E-state index contributed by atoms with van der Waals surface area (Å²) in [6.45, 7) is 10.5. The normalized spacial score (nSPS) is 26.3. The maximum atomic E-state index is 3.80. The van der Waals surface area contributed by atoms with Gasteiger partial charge in [0.1, 0.15) is 0 Å². The van der Waals surface area contributed by atoms with Crippen molar-refractivity contribution in [2.24, 2.45) is 0 Å². The monoisotopic (exact) mass is 254 g/mol. The molecule has 1 rings (SSSR count). The third-order valence-corrected chi connectivity index (χ3v) is 4.95. The van der Waals surface area contributed by atoms with Crippen LogP contribution in [0.4, 0.5) is 0 Å². The summed E-state index contributed by atoms with van der Waals surface area (Å²) >= 11 is 0. The lowest BCUT2D eigenvalue weighted by Crippen LogP contribution is -2.55. The highest BCUT2D eigenvalue weighted by Gasteiger charge is 2.33. The van der Waals surface area contributed by atoms with E-state index in [1.807, 2.05) is 0 Å². The molecule has 1 aliphatic rings. The van der Waals surface area contributed by atoms with E-state index < -0.39 is 0 Å². The standard InChI is InChI=1S/C16H34N2/c1-6-13-17-14-11-9-8-10-12-15(14)18(5)16(3,4)7-2/h14-15,17H,6-13H2,1-5H3. The van der Waals surface area contributed by atoms with Crippen molar-refractivity contribution in [3.05, 3.63) is 0 Å². The van der Waals surface area contributed by atoms with Crippen LogP contribution in [0.2, 0.25) is 0 Å². The van der Waals surface area contributed by atoms with Crippen LogP contribution in [0.3, 0.4) is 0 Å². The quantitative estimate of drug-likeness (QED) is 0.725. The minimum atomic E-state index is 0.321. The first-order valence-electron chi connectivity index (χ1n) is 7.99. The second kappa shape index (κ2) is 7.49. The van der Waals surface area contributed by atoms with Gasteiger partial charge in [0.15, 0.2) is 0 Å². The van der Waals surface area contributed by atoms with Crippen LogP contribution in [0.1, 0.15) is 72.6 Å². The Balaban J connectivity index is 2.71. The highest BCUT2D eigenvalue weighted by molar-refractivity contribution is 4.91. The number of nitrogens with zero attached hydrogens (tertiary/aromatic N) is 1. The maximum absolute atomic E-state index is 3.80. The molecule has 2 heteroatoms. The fourth-order valence-electron chi connectivity index (χ4n) is 3.02. The van der Waals surface area contributed by atoms with E-state index >= 15 is 0 Å². The number of nitrogens with one attached hydrogen (secondary N) is 1. The van der Waals surface area contributed by atoms with Crippen LogP contribution in [0.5, 0.6) is 0 Å². The molecule has 2 nitrogen and oxygen atoms in total. The van der Waals surface area contributed by atoms with Crippen LogP contribution in [0.25, 0.3) is 0 Å². The molecule has 1 fully saturated rings.